The summed E-state index contributed by atoms with van der Waals surface area (Å²) >= 11 is 0. The van der Waals surface area contributed by atoms with Gasteiger partial charge >= 0.3 is 6.18 Å². The minimum Gasteiger partial charge on any atom is -0.335 e. The van der Waals surface area contributed by atoms with Gasteiger partial charge in [0, 0.05) is 45.1 Å². The minimum absolute atomic E-state index is 0.167. The van der Waals surface area contributed by atoms with Gasteiger partial charge in [0.05, 0.1) is 5.69 Å². The molecule has 162 valence electrons. The van der Waals surface area contributed by atoms with E-state index in [-0.39, 0.29) is 18.8 Å². The van der Waals surface area contributed by atoms with Gasteiger partial charge in [0.1, 0.15) is 5.82 Å². The highest BCUT2D eigenvalue weighted by molar-refractivity contribution is 5.93. The molecule has 1 fully saturated rings. The Bertz CT molecular complexity index is 1060. The average Bonchev–Trinajstić information content (AvgIpc) is 3.20. The Morgan fingerprint density at radius 1 is 1.06 bits per heavy atom. The molecule has 7 nitrogen and oxygen atoms in total. The molecule has 0 spiro atoms. The van der Waals surface area contributed by atoms with Crippen molar-refractivity contribution in [3.8, 4) is 5.69 Å². The lowest BCUT2D eigenvalue weighted by Gasteiger charge is -2.34. The van der Waals surface area contributed by atoms with Gasteiger partial charge in [-0.25, -0.2) is 9.07 Å². The van der Waals surface area contributed by atoms with Crippen LogP contribution < -0.4 is 0 Å². The van der Waals surface area contributed by atoms with Crippen molar-refractivity contribution < 1.29 is 22.4 Å². The van der Waals surface area contributed by atoms with Crippen LogP contribution in [0.1, 0.15) is 21.7 Å². The van der Waals surface area contributed by atoms with Gasteiger partial charge in [0.25, 0.3) is 5.91 Å². The van der Waals surface area contributed by atoms with E-state index in [4.69, 9.17) is 0 Å². The molecule has 1 aromatic carbocycles. The van der Waals surface area contributed by atoms with E-state index in [1.54, 1.807) is 12.4 Å². The van der Waals surface area contributed by atoms with Crippen LogP contribution in [0.15, 0.2) is 48.8 Å². The number of piperazine rings is 1. The van der Waals surface area contributed by atoms with Crippen LogP contribution in [0, 0.1) is 5.82 Å². The van der Waals surface area contributed by atoms with E-state index in [0.29, 0.717) is 24.3 Å². The SMILES string of the molecule is O=C(c1nnn(-c2cccc(F)c2)c1C(F)(F)F)N1CCN(Cc2cccnc2)CC1. The summed E-state index contributed by atoms with van der Waals surface area (Å²) in [7, 11) is 0. The van der Waals surface area contributed by atoms with Gasteiger partial charge in [-0.05, 0) is 29.8 Å². The number of hydrogen-bond acceptors (Lipinski definition) is 5. The van der Waals surface area contributed by atoms with Crippen LogP contribution in [0.2, 0.25) is 0 Å². The summed E-state index contributed by atoms with van der Waals surface area (Å²) in [6.07, 6.45) is -1.48. The molecule has 11 heteroatoms. The normalized spacial score (nSPS) is 15.3. The third-order valence-electron chi connectivity index (χ3n) is 4.98. The first-order valence-corrected chi connectivity index (χ1v) is 9.52. The van der Waals surface area contributed by atoms with Crippen molar-refractivity contribution in [2.75, 3.05) is 26.2 Å². The molecule has 0 unspecified atom stereocenters. The first-order valence-electron chi connectivity index (χ1n) is 9.52. The molecular weight excluding hydrogens is 416 g/mol. The number of pyridine rings is 1. The maximum absolute atomic E-state index is 13.8. The van der Waals surface area contributed by atoms with Crippen LogP contribution in [0.4, 0.5) is 17.6 Å². The van der Waals surface area contributed by atoms with Gasteiger partial charge in [-0.15, -0.1) is 5.10 Å². The molecule has 31 heavy (non-hydrogen) atoms. The molecule has 0 bridgehead atoms. The minimum atomic E-state index is -4.90. The highest BCUT2D eigenvalue weighted by atomic mass is 19.4. The van der Waals surface area contributed by atoms with E-state index in [9.17, 15) is 22.4 Å². The maximum atomic E-state index is 13.8. The van der Waals surface area contributed by atoms with E-state index in [1.807, 2.05) is 12.1 Å². The van der Waals surface area contributed by atoms with E-state index < -0.39 is 29.3 Å². The molecule has 0 atom stereocenters. The zero-order valence-corrected chi connectivity index (χ0v) is 16.3. The zero-order valence-electron chi connectivity index (χ0n) is 16.3. The smallest absolute Gasteiger partial charge is 0.335 e. The van der Waals surface area contributed by atoms with Gasteiger partial charge in [0.2, 0.25) is 0 Å². The van der Waals surface area contributed by atoms with E-state index in [1.165, 1.54) is 17.0 Å². The van der Waals surface area contributed by atoms with Crippen LogP contribution in [-0.4, -0.2) is 61.9 Å². The van der Waals surface area contributed by atoms with Crippen molar-refractivity contribution in [2.24, 2.45) is 0 Å². The summed E-state index contributed by atoms with van der Waals surface area (Å²) in [6, 6.07) is 8.29. The van der Waals surface area contributed by atoms with E-state index in [2.05, 4.69) is 20.2 Å². The quantitative estimate of drug-likeness (QED) is 0.591. The van der Waals surface area contributed by atoms with Crippen molar-refractivity contribution in [2.45, 2.75) is 12.7 Å². The van der Waals surface area contributed by atoms with Crippen molar-refractivity contribution in [1.82, 2.24) is 29.8 Å². The third-order valence-corrected chi connectivity index (χ3v) is 4.98. The lowest BCUT2D eigenvalue weighted by molar-refractivity contribution is -0.143. The number of carbonyl (C=O) groups is 1. The molecule has 1 aliphatic rings. The number of alkyl halides is 3. The third kappa shape index (κ3) is 4.55. The summed E-state index contributed by atoms with van der Waals surface area (Å²) < 4.78 is 55.3. The summed E-state index contributed by atoms with van der Waals surface area (Å²) in [6.45, 7) is 2.14. The first kappa shape index (κ1) is 20.9. The lowest BCUT2D eigenvalue weighted by Crippen LogP contribution is -2.48. The molecule has 1 amide bonds. The van der Waals surface area contributed by atoms with Crippen LogP contribution >= 0.6 is 0 Å². The van der Waals surface area contributed by atoms with Gasteiger partial charge < -0.3 is 4.90 Å². The van der Waals surface area contributed by atoms with Gasteiger partial charge in [-0.2, -0.15) is 13.2 Å². The number of hydrogen-bond donors (Lipinski definition) is 0. The zero-order chi connectivity index (χ0) is 22.0. The number of halogens is 4. The molecular formula is C20H18F4N6O. The molecule has 3 heterocycles. The molecule has 0 radical (unpaired) electrons. The van der Waals surface area contributed by atoms with Crippen LogP contribution in [0.5, 0.6) is 0 Å². The lowest BCUT2D eigenvalue weighted by atomic mass is 10.2. The highest BCUT2D eigenvalue weighted by Gasteiger charge is 2.43. The maximum Gasteiger partial charge on any atom is 0.435 e. The van der Waals surface area contributed by atoms with Crippen molar-refractivity contribution in [3.63, 3.8) is 0 Å². The predicted octanol–water partition coefficient (Wildman–Crippen LogP) is 2.78. The molecule has 2 aromatic heterocycles. The number of carbonyl (C=O) groups excluding carboxylic acids is 1. The molecule has 1 aliphatic heterocycles. The fraction of sp³-hybridized carbons (Fsp3) is 0.300. The van der Waals surface area contributed by atoms with E-state index in [0.717, 1.165) is 17.7 Å². The summed E-state index contributed by atoms with van der Waals surface area (Å²) in [5.74, 6) is -1.57. The molecule has 4 rings (SSSR count). The second kappa shape index (κ2) is 8.42. The first-order chi connectivity index (χ1) is 14.8. The molecule has 3 aromatic rings. The fourth-order valence-electron chi connectivity index (χ4n) is 3.48. The standard InChI is InChI=1S/C20H18F4N6O/c21-15-4-1-5-16(11-15)30-18(20(22,23)24)17(26-27-30)19(31)29-9-7-28(8-10-29)13-14-3-2-6-25-12-14/h1-6,11-12H,7-10,13H2. The largest absolute Gasteiger partial charge is 0.435 e. The topological polar surface area (TPSA) is 67.2 Å². The fourth-order valence-corrected chi connectivity index (χ4v) is 3.48. The van der Waals surface area contributed by atoms with Gasteiger partial charge in [-0.3, -0.25) is 14.7 Å². The molecule has 0 aliphatic carbocycles. The van der Waals surface area contributed by atoms with Crippen molar-refractivity contribution >= 4 is 5.91 Å². The average molecular weight is 434 g/mol. The number of aromatic nitrogens is 4. The Morgan fingerprint density at radius 2 is 1.84 bits per heavy atom. The number of nitrogens with zero attached hydrogens (tertiary/aromatic N) is 6. The molecule has 1 saturated heterocycles. The van der Waals surface area contributed by atoms with Gasteiger partial charge in [0.15, 0.2) is 11.4 Å². The highest BCUT2D eigenvalue weighted by Crippen LogP contribution is 2.33. The Morgan fingerprint density at radius 3 is 2.48 bits per heavy atom. The van der Waals surface area contributed by atoms with Crippen LogP contribution in [0.25, 0.3) is 5.69 Å². The van der Waals surface area contributed by atoms with Gasteiger partial charge in [-0.1, -0.05) is 17.3 Å². The summed E-state index contributed by atoms with van der Waals surface area (Å²) in [5, 5.41) is 7.00. The Kier molecular flexibility index (Phi) is 5.68. The van der Waals surface area contributed by atoms with E-state index >= 15 is 0 Å². The monoisotopic (exact) mass is 434 g/mol. The van der Waals surface area contributed by atoms with Crippen molar-refractivity contribution in [3.05, 3.63) is 71.6 Å². The Hall–Kier alpha value is -3.34. The number of benzene rings is 1. The van der Waals surface area contributed by atoms with Crippen molar-refractivity contribution in [1.29, 1.82) is 0 Å². The second-order valence-electron chi connectivity index (χ2n) is 7.11. The second-order valence-corrected chi connectivity index (χ2v) is 7.11. The Labute approximate surface area is 174 Å². The van der Waals surface area contributed by atoms with Crippen LogP contribution in [0.3, 0.4) is 0 Å². The number of rotatable bonds is 4. The molecule has 0 N–H and O–H groups in total. The van der Waals surface area contributed by atoms with Crippen LogP contribution in [-0.2, 0) is 12.7 Å². The number of amides is 1. The Balaban J connectivity index is 1.53. The summed E-state index contributed by atoms with van der Waals surface area (Å²) in [5.41, 5.74) is -1.27. The molecule has 0 saturated carbocycles. The predicted molar refractivity (Wildman–Crippen MR) is 102 cm³/mol. The summed E-state index contributed by atoms with van der Waals surface area (Å²) in [4.78, 5) is 20.3.